The number of aromatic nitrogens is 4. The number of fused-ring (bicyclic) bond motifs is 2. The van der Waals surface area contributed by atoms with Crippen molar-refractivity contribution in [2.75, 3.05) is 25.6 Å². The van der Waals surface area contributed by atoms with Gasteiger partial charge in [-0.3, -0.25) is 10.3 Å². The Bertz CT molecular complexity index is 1770. The number of halogens is 2. The molecule has 14 heteroatoms. The first kappa shape index (κ1) is 27.8. The van der Waals surface area contributed by atoms with Gasteiger partial charge in [-0.05, 0) is 31.0 Å². The number of carbonyl (C=O) groups is 1. The van der Waals surface area contributed by atoms with Crippen molar-refractivity contribution in [2.45, 2.75) is 25.0 Å². The zero-order chi connectivity index (χ0) is 29.2. The number of aliphatic hydroxyl groups excluding tert-OH is 1. The predicted octanol–water partition coefficient (Wildman–Crippen LogP) is 5.63. The number of carbonyl (C=O) groups excluding carboxylic acids is 1. The molecule has 1 fully saturated rings. The monoisotopic (exact) mass is 611 g/mol. The number of rotatable bonds is 9. The summed E-state index contributed by atoms with van der Waals surface area (Å²) in [6.45, 7) is -0.111. The summed E-state index contributed by atoms with van der Waals surface area (Å²) in [5.41, 5.74) is 2.19. The summed E-state index contributed by atoms with van der Waals surface area (Å²) >= 11 is 7.75. The number of aliphatic hydroxyl groups is 1. The summed E-state index contributed by atoms with van der Waals surface area (Å²) in [6, 6.07) is 8.41. The molecule has 6 rings (SSSR count). The summed E-state index contributed by atoms with van der Waals surface area (Å²) in [7, 11) is 1.57. The van der Waals surface area contributed by atoms with E-state index in [0.717, 1.165) is 10.9 Å². The fraction of sp³-hybridized carbons (Fsp3) is 0.250. The second kappa shape index (κ2) is 11.9. The third kappa shape index (κ3) is 5.84. The van der Waals surface area contributed by atoms with Crippen molar-refractivity contribution in [1.29, 1.82) is 0 Å². The van der Waals surface area contributed by atoms with Crippen LogP contribution in [0.5, 0.6) is 17.5 Å². The highest BCUT2D eigenvalue weighted by Crippen LogP contribution is 2.39. The lowest BCUT2D eigenvalue weighted by atomic mass is 9.92. The Morgan fingerprint density at radius 3 is 2.67 bits per heavy atom. The average Bonchev–Trinajstić information content (AvgIpc) is 3.39. The first-order valence-electron chi connectivity index (χ1n) is 12.8. The molecule has 2 N–H and O–H groups in total. The Hall–Kier alpha value is -4.33. The van der Waals surface area contributed by atoms with Crippen molar-refractivity contribution < 1.29 is 33.2 Å². The first-order valence-corrected chi connectivity index (χ1v) is 14.0. The summed E-state index contributed by atoms with van der Waals surface area (Å²) in [5, 5.41) is 13.3. The van der Waals surface area contributed by atoms with Crippen LogP contribution in [-0.4, -0.2) is 63.7 Å². The zero-order valence-electron chi connectivity index (χ0n) is 22.0. The number of thiazole rings is 1. The van der Waals surface area contributed by atoms with E-state index in [1.807, 2.05) is 6.07 Å². The molecular weight excluding hydrogens is 589 g/mol. The fourth-order valence-electron chi connectivity index (χ4n) is 4.35. The SMILES string of the molecule is COc1cnc2c(-c3nc4cc(F)c(O[C@@H]5CC[C@@H]5OC(=O)Nc5cnc(OCCO)nc5)cc4s3)cc(Cl)cc2c1. The van der Waals surface area contributed by atoms with Crippen LogP contribution in [-0.2, 0) is 4.74 Å². The molecule has 1 amide bonds. The van der Waals surface area contributed by atoms with Crippen LogP contribution in [0.4, 0.5) is 14.9 Å². The maximum absolute atomic E-state index is 15.1. The fourth-order valence-corrected chi connectivity index (χ4v) is 5.57. The van der Waals surface area contributed by atoms with Crippen molar-refractivity contribution in [2.24, 2.45) is 0 Å². The van der Waals surface area contributed by atoms with Crippen molar-refractivity contribution in [3.8, 4) is 28.1 Å². The molecule has 2 aromatic carbocycles. The Morgan fingerprint density at radius 2 is 1.93 bits per heavy atom. The lowest BCUT2D eigenvalue weighted by Crippen LogP contribution is -2.45. The van der Waals surface area contributed by atoms with E-state index in [1.54, 1.807) is 31.5 Å². The molecule has 3 heterocycles. The summed E-state index contributed by atoms with van der Waals surface area (Å²) in [6.07, 6.45) is 3.68. The Balaban J connectivity index is 1.15. The molecule has 1 aliphatic rings. The molecule has 3 aromatic heterocycles. The number of nitrogens with one attached hydrogen (secondary N) is 1. The topological polar surface area (TPSA) is 138 Å². The van der Waals surface area contributed by atoms with E-state index in [2.05, 4.69) is 25.3 Å². The number of amides is 1. The first-order chi connectivity index (χ1) is 20.4. The van der Waals surface area contributed by atoms with Gasteiger partial charge in [0.15, 0.2) is 11.6 Å². The second-order valence-corrected chi connectivity index (χ2v) is 10.8. The van der Waals surface area contributed by atoms with Gasteiger partial charge < -0.3 is 24.1 Å². The van der Waals surface area contributed by atoms with Crippen LogP contribution in [0.15, 0.2) is 48.9 Å². The molecule has 11 nitrogen and oxygen atoms in total. The summed E-state index contributed by atoms with van der Waals surface area (Å²) in [5.74, 6) is 0.0729. The van der Waals surface area contributed by atoms with Gasteiger partial charge in [0.05, 0.1) is 53.7 Å². The van der Waals surface area contributed by atoms with Gasteiger partial charge in [-0.2, -0.15) is 0 Å². The molecule has 5 aromatic rings. The van der Waals surface area contributed by atoms with Gasteiger partial charge in [0, 0.05) is 28.1 Å². The molecule has 1 saturated carbocycles. The second-order valence-electron chi connectivity index (χ2n) is 9.30. The minimum Gasteiger partial charge on any atom is -0.495 e. The quantitative estimate of drug-likeness (QED) is 0.216. The number of nitrogens with zero attached hydrogens (tertiary/aromatic N) is 4. The van der Waals surface area contributed by atoms with E-state index in [4.69, 9.17) is 35.7 Å². The van der Waals surface area contributed by atoms with Crippen molar-refractivity contribution in [3.63, 3.8) is 0 Å². The highest BCUT2D eigenvalue weighted by molar-refractivity contribution is 7.21. The number of benzene rings is 2. The van der Waals surface area contributed by atoms with Crippen LogP contribution in [0.3, 0.4) is 0 Å². The van der Waals surface area contributed by atoms with Gasteiger partial charge in [-0.1, -0.05) is 11.6 Å². The molecule has 0 spiro atoms. The minimum absolute atomic E-state index is 0.0436. The van der Waals surface area contributed by atoms with Gasteiger partial charge >= 0.3 is 12.1 Å². The normalized spacial score (nSPS) is 16.2. The Morgan fingerprint density at radius 1 is 1.12 bits per heavy atom. The van der Waals surface area contributed by atoms with Crippen LogP contribution in [0.1, 0.15) is 12.8 Å². The number of methoxy groups -OCH3 is 1. The highest BCUT2D eigenvalue weighted by Gasteiger charge is 2.37. The van der Waals surface area contributed by atoms with Gasteiger partial charge in [0.2, 0.25) is 0 Å². The van der Waals surface area contributed by atoms with Crippen LogP contribution in [0.25, 0.3) is 31.7 Å². The van der Waals surface area contributed by atoms with Crippen LogP contribution in [0, 0.1) is 5.82 Å². The van der Waals surface area contributed by atoms with E-state index >= 15 is 4.39 Å². The zero-order valence-corrected chi connectivity index (χ0v) is 23.6. The van der Waals surface area contributed by atoms with E-state index in [1.165, 1.54) is 29.8 Å². The molecule has 2 atom stereocenters. The van der Waals surface area contributed by atoms with Gasteiger partial charge in [-0.25, -0.2) is 24.1 Å². The maximum Gasteiger partial charge on any atom is 0.412 e. The lowest BCUT2D eigenvalue weighted by Gasteiger charge is -2.35. The molecule has 0 radical (unpaired) electrons. The van der Waals surface area contributed by atoms with Gasteiger partial charge in [0.1, 0.15) is 29.6 Å². The number of hydrogen-bond donors (Lipinski definition) is 2. The number of ether oxygens (including phenoxy) is 4. The average molecular weight is 612 g/mol. The van der Waals surface area contributed by atoms with E-state index in [0.29, 0.717) is 50.0 Å². The largest absolute Gasteiger partial charge is 0.495 e. The smallest absolute Gasteiger partial charge is 0.412 e. The number of anilines is 1. The highest BCUT2D eigenvalue weighted by atomic mass is 35.5. The van der Waals surface area contributed by atoms with Gasteiger partial charge in [-0.15, -0.1) is 11.3 Å². The lowest BCUT2D eigenvalue weighted by molar-refractivity contribution is -0.0431. The standard InChI is InChI=1S/C28H23ClFN5O6S/c1-38-17-7-14-6-15(29)8-18(25(14)31-13-17)26-35-20-9-19(30)23(10-24(20)42-26)40-21-2-3-22(21)41-28(37)34-16-11-32-27(33-12-16)39-5-4-36/h6-13,21-22,36H,2-5H2,1H3,(H,34,37)/t21-,22+/m1/s1. The maximum atomic E-state index is 15.1. The van der Waals surface area contributed by atoms with Crippen LogP contribution >= 0.6 is 22.9 Å². The molecule has 0 saturated heterocycles. The molecule has 1 aliphatic carbocycles. The Labute approximate surface area is 247 Å². The number of pyridine rings is 1. The number of hydrogen-bond acceptors (Lipinski definition) is 11. The minimum atomic E-state index is -0.719. The van der Waals surface area contributed by atoms with E-state index in [9.17, 15) is 4.79 Å². The Kier molecular flexibility index (Phi) is 7.87. The predicted molar refractivity (Wildman–Crippen MR) is 154 cm³/mol. The van der Waals surface area contributed by atoms with Crippen LogP contribution < -0.4 is 19.5 Å². The summed E-state index contributed by atoms with van der Waals surface area (Å²) < 4.78 is 37.5. The van der Waals surface area contributed by atoms with Gasteiger partial charge in [0.25, 0.3) is 0 Å². The van der Waals surface area contributed by atoms with Crippen LogP contribution in [0.2, 0.25) is 5.02 Å². The van der Waals surface area contributed by atoms with Crippen molar-refractivity contribution in [3.05, 3.63) is 59.8 Å². The summed E-state index contributed by atoms with van der Waals surface area (Å²) in [4.78, 5) is 29.4. The van der Waals surface area contributed by atoms with Crippen molar-refractivity contribution in [1.82, 2.24) is 19.9 Å². The third-order valence-electron chi connectivity index (χ3n) is 6.52. The molecule has 0 unspecified atom stereocenters. The molecule has 216 valence electrons. The third-order valence-corrected chi connectivity index (χ3v) is 7.78. The van der Waals surface area contributed by atoms with E-state index in [-0.39, 0.29) is 25.0 Å². The molecule has 0 aliphatic heterocycles. The molecule has 0 bridgehead atoms. The molecule has 42 heavy (non-hydrogen) atoms. The van der Waals surface area contributed by atoms with Crippen molar-refractivity contribution >= 4 is 55.8 Å². The van der Waals surface area contributed by atoms with E-state index < -0.39 is 24.1 Å². The molecular formula is C28H23ClFN5O6S.